The van der Waals surface area contributed by atoms with E-state index in [1.165, 1.54) is 0 Å². The predicted molar refractivity (Wildman–Crippen MR) is 150 cm³/mol. The molecule has 0 spiro atoms. The Balaban J connectivity index is 1.59. The van der Waals surface area contributed by atoms with Gasteiger partial charge in [-0.1, -0.05) is 44.2 Å². The van der Waals surface area contributed by atoms with Gasteiger partial charge in [0.2, 0.25) is 0 Å². The molecule has 6 rings (SSSR count). The van der Waals surface area contributed by atoms with E-state index in [4.69, 9.17) is 9.40 Å². The van der Waals surface area contributed by atoms with E-state index >= 15 is 0 Å². The van der Waals surface area contributed by atoms with Gasteiger partial charge >= 0.3 is 0 Å². The van der Waals surface area contributed by atoms with E-state index in [1.807, 2.05) is 43.3 Å². The molecule has 2 aromatic heterocycles. The standard InChI is InChI=1S/C32H28N2O4/c1-18-13-19(2)27(34(36)37)15-23(18)29-12-10-21(38-29)14-26-31-24(16-32(3,4)17-28(31)35)30-22-8-6-5-7-20(22)9-11-25(30)33-26/h5-15,35H,16-17H2,1-4H3. The van der Waals surface area contributed by atoms with Crippen LogP contribution < -0.4 is 10.6 Å². The van der Waals surface area contributed by atoms with E-state index < -0.39 is 0 Å². The molecule has 6 heteroatoms. The van der Waals surface area contributed by atoms with E-state index in [0.717, 1.165) is 44.4 Å². The molecule has 1 aliphatic carbocycles. The highest BCUT2D eigenvalue weighted by molar-refractivity contribution is 6.08. The van der Waals surface area contributed by atoms with Crippen molar-refractivity contribution in [3.8, 4) is 11.3 Å². The second-order valence-corrected chi connectivity index (χ2v) is 11.1. The van der Waals surface area contributed by atoms with Crippen LogP contribution in [-0.2, 0) is 6.42 Å². The van der Waals surface area contributed by atoms with Gasteiger partial charge in [0.25, 0.3) is 5.69 Å². The summed E-state index contributed by atoms with van der Waals surface area (Å²) in [6.45, 7) is 8.00. The smallest absolute Gasteiger partial charge is 0.273 e. The Kier molecular flexibility index (Phi) is 5.38. The Morgan fingerprint density at radius 1 is 1.03 bits per heavy atom. The summed E-state index contributed by atoms with van der Waals surface area (Å²) in [5.74, 6) is 1.45. The summed E-state index contributed by atoms with van der Waals surface area (Å²) in [6, 6.07) is 19.4. The number of nitro groups is 1. The lowest BCUT2D eigenvalue weighted by atomic mass is 9.76. The first-order chi connectivity index (χ1) is 18.1. The van der Waals surface area contributed by atoms with Crippen LogP contribution in [0.4, 0.5) is 5.69 Å². The summed E-state index contributed by atoms with van der Waals surface area (Å²) in [5, 5.41) is 27.6. The number of furan rings is 1. The number of rotatable bonds is 3. The summed E-state index contributed by atoms with van der Waals surface area (Å²) in [6.07, 6.45) is 3.23. The number of benzene rings is 3. The molecule has 1 N–H and O–H groups in total. The average Bonchev–Trinajstić information content (AvgIpc) is 3.30. The lowest BCUT2D eigenvalue weighted by Crippen LogP contribution is -2.40. The summed E-state index contributed by atoms with van der Waals surface area (Å²) in [5.41, 5.74) is 4.14. The van der Waals surface area contributed by atoms with Crippen LogP contribution in [0, 0.1) is 29.4 Å². The Bertz CT molecular complexity index is 1910. The molecule has 0 amide bonds. The minimum Gasteiger partial charge on any atom is -0.512 e. The van der Waals surface area contributed by atoms with Gasteiger partial charge in [0.15, 0.2) is 0 Å². The quantitative estimate of drug-likeness (QED) is 0.169. The molecule has 38 heavy (non-hydrogen) atoms. The average molecular weight is 505 g/mol. The van der Waals surface area contributed by atoms with Crippen LogP contribution in [0.2, 0.25) is 0 Å². The maximum Gasteiger partial charge on any atom is 0.273 e. The largest absolute Gasteiger partial charge is 0.512 e. The number of aliphatic hydroxyl groups is 1. The fraction of sp³-hybridized carbons (Fsp3) is 0.219. The first-order valence-corrected chi connectivity index (χ1v) is 12.7. The molecule has 6 nitrogen and oxygen atoms in total. The van der Waals surface area contributed by atoms with Crippen molar-refractivity contribution in [2.75, 3.05) is 0 Å². The molecule has 0 saturated heterocycles. The molecular weight excluding hydrogens is 476 g/mol. The Morgan fingerprint density at radius 2 is 1.82 bits per heavy atom. The summed E-state index contributed by atoms with van der Waals surface area (Å²) in [4.78, 5) is 16.1. The number of pyridine rings is 1. The number of nitrogens with zero attached hydrogens (tertiary/aromatic N) is 2. The maximum absolute atomic E-state index is 11.5. The van der Waals surface area contributed by atoms with Gasteiger partial charge in [-0.05, 0) is 71.8 Å². The van der Waals surface area contributed by atoms with E-state index in [9.17, 15) is 15.2 Å². The van der Waals surface area contributed by atoms with Crippen molar-refractivity contribution < 1.29 is 14.4 Å². The van der Waals surface area contributed by atoms with Crippen LogP contribution in [0.15, 0.2) is 65.1 Å². The molecule has 0 atom stereocenters. The van der Waals surface area contributed by atoms with Gasteiger partial charge in [0, 0.05) is 40.3 Å². The minimum atomic E-state index is -0.372. The van der Waals surface area contributed by atoms with E-state index in [1.54, 1.807) is 19.1 Å². The summed E-state index contributed by atoms with van der Waals surface area (Å²) >= 11 is 0. The molecule has 2 heterocycles. The number of fused-ring (bicyclic) bond motifs is 5. The van der Waals surface area contributed by atoms with Crippen molar-refractivity contribution in [3.63, 3.8) is 0 Å². The molecule has 0 saturated carbocycles. The number of aromatic nitrogens is 1. The third kappa shape index (κ3) is 3.93. The number of aliphatic hydroxyl groups excluding tert-OH is 1. The highest BCUT2D eigenvalue weighted by atomic mass is 16.6. The normalized spacial score (nSPS) is 15.3. The zero-order chi connectivity index (χ0) is 26.8. The molecule has 0 bridgehead atoms. The lowest BCUT2D eigenvalue weighted by Gasteiger charge is -2.30. The highest BCUT2D eigenvalue weighted by Crippen LogP contribution is 2.36. The van der Waals surface area contributed by atoms with Crippen LogP contribution in [-0.4, -0.2) is 15.0 Å². The van der Waals surface area contributed by atoms with Gasteiger partial charge in [-0.25, -0.2) is 4.98 Å². The van der Waals surface area contributed by atoms with E-state index in [2.05, 4.69) is 32.0 Å². The van der Waals surface area contributed by atoms with Crippen LogP contribution in [0.3, 0.4) is 0 Å². The number of hydrogen-bond acceptors (Lipinski definition) is 5. The summed E-state index contributed by atoms with van der Waals surface area (Å²) in [7, 11) is 0. The van der Waals surface area contributed by atoms with Crippen molar-refractivity contribution in [1.82, 2.24) is 4.98 Å². The first-order valence-electron chi connectivity index (χ1n) is 12.7. The number of nitro benzene ring substituents is 1. The SMILES string of the molecule is Cc1cc(C)c([N+](=O)[O-])cc1-c1ccc(C=c2nc3ccc4ccccc4c3c3c2=C(O)CC(C)(C)C3)o1. The van der Waals surface area contributed by atoms with Gasteiger partial charge in [-0.2, -0.15) is 0 Å². The molecule has 1 aliphatic rings. The molecule has 0 radical (unpaired) electrons. The Morgan fingerprint density at radius 3 is 2.61 bits per heavy atom. The summed E-state index contributed by atoms with van der Waals surface area (Å²) < 4.78 is 6.17. The van der Waals surface area contributed by atoms with E-state index in [0.29, 0.717) is 40.2 Å². The van der Waals surface area contributed by atoms with Gasteiger partial charge in [-0.3, -0.25) is 10.1 Å². The van der Waals surface area contributed by atoms with E-state index in [-0.39, 0.29) is 16.0 Å². The first kappa shape index (κ1) is 23.9. The predicted octanol–water partition coefficient (Wildman–Crippen LogP) is 6.64. The second kappa shape index (κ2) is 8.55. The van der Waals surface area contributed by atoms with Crippen LogP contribution in [0.1, 0.15) is 42.7 Å². The Hall–Kier alpha value is -4.45. The van der Waals surface area contributed by atoms with Crippen molar-refractivity contribution in [2.45, 2.75) is 40.5 Å². The van der Waals surface area contributed by atoms with Crippen molar-refractivity contribution in [1.29, 1.82) is 0 Å². The minimum absolute atomic E-state index is 0.0622. The third-order valence-corrected chi connectivity index (χ3v) is 7.51. The third-order valence-electron chi connectivity index (χ3n) is 7.51. The molecule has 190 valence electrons. The highest BCUT2D eigenvalue weighted by Gasteiger charge is 2.29. The van der Waals surface area contributed by atoms with Crippen LogP contribution >= 0.6 is 0 Å². The number of hydrogen-bond donors (Lipinski definition) is 1. The Labute approximate surface area is 219 Å². The number of aryl methyl sites for hydroxylation is 2. The fourth-order valence-corrected chi connectivity index (χ4v) is 5.83. The van der Waals surface area contributed by atoms with Crippen molar-refractivity contribution in [2.24, 2.45) is 5.41 Å². The van der Waals surface area contributed by atoms with Crippen molar-refractivity contribution in [3.05, 3.63) is 104 Å². The lowest BCUT2D eigenvalue weighted by molar-refractivity contribution is -0.385. The van der Waals surface area contributed by atoms with Crippen LogP contribution in [0.25, 0.3) is 44.8 Å². The maximum atomic E-state index is 11.5. The monoisotopic (exact) mass is 504 g/mol. The topological polar surface area (TPSA) is 89.4 Å². The zero-order valence-electron chi connectivity index (χ0n) is 21.8. The molecule has 0 aliphatic heterocycles. The molecular formula is C32H28N2O4. The molecule has 0 fully saturated rings. The second-order valence-electron chi connectivity index (χ2n) is 11.1. The van der Waals surface area contributed by atoms with Gasteiger partial charge in [0.05, 0.1) is 15.8 Å². The van der Waals surface area contributed by atoms with Gasteiger partial charge in [-0.15, -0.1) is 0 Å². The molecule has 3 aromatic carbocycles. The molecule has 5 aromatic rings. The zero-order valence-corrected chi connectivity index (χ0v) is 21.8. The van der Waals surface area contributed by atoms with Crippen LogP contribution in [0.5, 0.6) is 0 Å². The van der Waals surface area contributed by atoms with Gasteiger partial charge in [0.1, 0.15) is 17.3 Å². The van der Waals surface area contributed by atoms with Gasteiger partial charge < -0.3 is 9.52 Å². The molecule has 0 unspecified atom stereocenters. The van der Waals surface area contributed by atoms with Crippen molar-refractivity contribution >= 4 is 39.2 Å². The fourth-order valence-electron chi connectivity index (χ4n) is 5.83.